The van der Waals surface area contributed by atoms with Crippen LogP contribution in [0.25, 0.3) is 0 Å². The minimum Gasteiger partial charge on any atom is -0.414 e. The van der Waals surface area contributed by atoms with Crippen LogP contribution >= 0.6 is 15.9 Å². The van der Waals surface area contributed by atoms with Crippen LogP contribution in [-0.4, -0.2) is 15.7 Å². The van der Waals surface area contributed by atoms with Crippen LogP contribution in [0.3, 0.4) is 0 Å². The zero-order valence-electron chi connectivity index (χ0n) is 19.3. The van der Waals surface area contributed by atoms with Gasteiger partial charge in [0.25, 0.3) is 5.91 Å². The first-order chi connectivity index (χ1) is 13.8. The highest BCUT2D eigenvalue weighted by atomic mass is 79.9. The summed E-state index contributed by atoms with van der Waals surface area (Å²) in [6.45, 7) is 15.1. The Morgan fingerprint density at radius 3 is 2.37 bits per heavy atom. The van der Waals surface area contributed by atoms with Gasteiger partial charge in [-0.3, -0.25) is 4.79 Å². The number of aryl methyl sites for hydroxylation is 1. The van der Waals surface area contributed by atoms with E-state index in [4.69, 9.17) is 4.43 Å². The van der Waals surface area contributed by atoms with Gasteiger partial charge in [-0.05, 0) is 73.4 Å². The van der Waals surface area contributed by atoms with Crippen LogP contribution in [0.4, 0.5) is 5.69 Å². The third-order valence-corrected chi connectivity index (χ3v) is 8.29. The van der Waals surface area contributed by atoms with Crippen molar-refractivity contribution >= 4 is 37.3 Å². The lowest BCUT2D eigenvalue weighted by Gasteiger charge is -2.33. The highest BCUT2D eigenvalue weighted by molar-refractivity contribution is 9.10. The summed E-state index contributed by atoms with van der Waals surface area (Å²) in [5.74, 6) is -0.0804. The number of hydrogen-bond donors (Lipinski definition) is 1. The van der Waals surface area contributed by atoms with Gasteiger partial charge in [0.05, 0.1) is 5.60 Å². The molecule has 0 bridgehead atoms. The van der Waals surface area contributed by atoms with Gasteiger partial charge in [-0.25, -0.2) is 0 Å². The molecule has 2 aromatic rings. The predicted octanol–water partition coefficient (Wildman–Crippen LogP) is 6.62. The summed E-state index contributed by atoms with van der Waals surface area (Å²) >= 11 is 3.69. The molecule has 30 heavy (non-hydrogen) atoms. The monoisotopic (exact) mass is 487 g/mol. The van der Waals surface area contributed by atoms with E-state index in [-0.39, 0.29) is 10.9 Å². The summed E-state index contributed by atoms with van der Waals surface area (Å²) in [4.78, 5) is 13.2. The maximum atomic E-state index is 13.2. The minimum atomic E-state index is -0.760. The van der Waals surface area contributed by atoms with E-state index >= 15 is 0 Å². The van der Waals surface area contributed by atoms with Gasteiger partial charge in [0.2, 0.25) is 0 Å². The summed E-state index contributed by atoms with van der Waals surface area (Å²) < 4.78 is 7.38. The van der Waals surface area contributed by atoms with Gasteiger partial charge in [-0.15, -0.1) is 0 Å². The van der Waals surface area contributed by atoms with Crippen LogP contribution in [0.1, 0.15) is 81.4 Å². The smallest absolute Gasteiger partial charge is 0.255 e. The predicted molar refractivity (Wildman–Crippen MR) is 132 cm³/mol. The van der Waals surface area contributed by atoms with Gasteiger partial charge in [0.15, 0.2) is 9.76 Å². The van der Waals surface area contributed by atoms with Crippen molar-refractivity contribution in [2.75, 3.05) is 5.32 Å². The number of anilines is 1. The van der Waals surface area contributed by atoms with Crippen LogP contribution in [-0.2, 0) is 15.4 Å². The number of benzene rings is 2. The third kappa shape index (κ3) is 5.24. The van der Waals surface area contributed by atoms with Crippen molar-refractivity contribution in [2.24, 2.45) is 0 Å². The van der Waals surface area contributed by atoms with Crippen LogP contribution in [0, 0.1) is 6.92 Å². The van der Waals surface area contributed by atoms with E-state index in [0.717, 1.165) is 26.9 Å². The van der Waals surface area contributed by atoms with Crippen molar-refractivity contribution in [1.29, 1.82) is 0 Å². The van der Waals surface area contributed by atoms with Crippen molar-refractivity contribution in [3.63, 3.8) is 0 Å². The minimum absolute atomic E-state index is 0.0804. The maximum Gasteiger partial charge on any atom is 0.255 e. The van der Waals surface area contributed by atoms with Crippen molar-refractivity contribution in [1.82, 2.24) is 0 Å². The molecule has 0 heterocycles. The number of carbonyl (C=O) groups is 1. The van der Waals surface area contributed by atoms with Gasteiger partial charge in [0, 0.05) is 21.3 Å². The molecule has 3 rings (SSSR count). The Morgan fingerprint density at radius 2 is 1.80 bits per heavy atom. The quantitative estimate of drug-likeness (QED) is 0.465. The number of nitrogens with one attached hydrogen (secondary N) is 1. The zero-order valence-corrected chi connectivity index (χ0v) is 22.3. The molecule has 1 amide bonds. The van der Waals surface area contributed by atoms with Crippen LogP contribution < -0.4 is 5.32 Å². The number of amides is 1. The van der Waals surface area contributed by atoms with E-state index in [1.807, 2.05) is 31.2 Å². The van der Waals surface area contributed by atoms with E-state index in [1.165, 1.54) is 18.4 Å². The van der Waals surface area contributed by atoms with Gasteiger partial charge in [-0.2, -0.15) is 0 Å². The molecule has 0 aliphatic heterocycles. The van der Waals surface area contributed by atoms with Crippen LogP contribution in [0.15, 0.2) is 40.9 Å². The summed E-state index contributed by atoms with van der Waals surface area (Å²) in [6, 6.07) is 12.2. The van der Waals surface area contributed by atoms with Gasteiger partial charge >= 0.3 is 0 Å². The van der Waals surface area contributed by atoms with Crippen LogP contribution in [0.5, 0.6) is 0 Å². The van der Waals surface area contributed by atoms with Gasteiger partial charge in [-0.1, -0.05) is 61.8 Å². The van der Waals surface area contributed by atoms with Crippen LogP contribution in [0.2, 0.25) is 5.04 Å². The van der Waals surface area contributed by atoms with E-state index in [2.05, 4.69) is 74.9 Å². The molecular formula is C25H34BrNO2Si. The zero-order chi connectivity index (χ0) is 22.3. The van der Waals surface area contributed by atoms with Crippen molar-refractivity contribution in [2.45, 2.75) is 77.4 Å². The number of halogens is 1. The average molecular weight is 489 g/mol. The Morgan fingerprint density at radius 1 is 1.13 bits per heavy atom. The first kappa shape index (κ1) is 23.2. The molecule has 3 nitrogen and oxygen atoms in total. The third-order valence-electron chi connectivity index (χ3n) is 5.90. The molecule has 1 saturated carbocycles. The Bertz CT molecular complexity index is 958. The highest BCUT2D eigenvalue weighted by Gasteiger charge is 2.39. The molecule has 1 fully saturated rings. The van der Waals surface area contributed by atoms with Crippen molar-refractivity contribution in [3.8, 4) is 0 Å². The number of carbonyl (C=O) groups excluding carboxylic acids is 1. The fourth-order valence-corrected chi connectivity index (χ4v) is 5.45. The number of hydrogen-bond acceptors (Lipinski definition) is 2. The Hall–Kier alpha value is -1.43. The molecule has 0 saturated heterocycles. The molecule has 0 aromatic heterocycles. The first-order valence-corrected chi connectivity index (χ1v) is 12.8. The molecule has 1 aliphatic carbocycles. The molecule has 2 aromatic carbocycles. The molecule has 1 N–H and O–H groups in total. The number of rotatable bonds is 6. The second-order valence-corrected chi connectivity index (χ2v) is 14.1. The second-order valence-electron chi connectivity index (χ2n) is 10.6. The highest BCUT2D eigenvalue weighted by Crippen LogP contribution is 2.48. The SMILES string of the molecule is Cc1cc(C2(C)CC2)ccc1C(=O)Nc1cccc(Br)c1C(C)(C)O[SiH2]C(C)(C)C. The van der Waals surface area contributed by atoms with Gasteiger partial charge < -0.3 is 9.74 Å². The fraction of sp³-hybridized carbons (Fsp3) is 0.480. The molecule has 1 aliphatic rings. The molecular weight excluding hydrogens is 454 g/mol. The van der Waals surface area contributed by atoms with E-state index in [0.29, 0.717) is 5.41 Å². The summed E-state index contributed by atoms with van der Waals surface area (Å²) in [5.41, 5.74) is 4.65. The van der Waals surface area contributed by atoms with Gasteiger partial charge in [0.1, 0.15) is 0 Å². The molecule has 0 atom stereocenters. The maximum absolute atomic E-state index is 13.2. The Kier molecular flexibility index (Phi) is 6.39. The second kappa shape index (κ2) is 8.25. The molecule has 0 radical (unpaired) electrons. The average Bonchev–Trinajstić information content (AvgIpc) is 3.38. The van der Waals surface area contributed by atoms with E-state index in [9.17, 15) is 4.79 Å². The molecule has 162 valence electrons. The molecule has 0 spiro atoms. The summed E-state index contributed by atoms with van der Waals surface area (Å²) in [5, 5.41) is 3.35. The van der Waals surface area contributed by atoms with Crippen molar-refractivity contribution in [3.05, 3.63) is 63.1 Å². The molecule has 5 heteroatoms. The lowest BCUT2D eigenvalue weighted by molar-refractivity contribution is 0.102. The topological polar surface area (TPSA) is 38.3 Å². The Balaban J connectivity index is 1.87. The van der Waals surface area contributed by atoms with E-state index in [1.54, 1.807) is 0 Å². The Labute approximate surface area is 192 Å². The van der Waals surface area contributed by atoms with E-state index < -0.39 is 15.4 Å². The standard InChI is InChI=1S/C25H34BrNO2Si/c1-16-15-17(25(7)13-14-25)11-12-18(16)22(28)27-20-10-8-9-19(26)21(20)24(5,6)29-30-23(2,3)4/h8-12,15H,13-14,30H2,1-7H3,(H,27,28). The fourth-order valence-electron chi connectivity index (χ4n) is 3.67. The lowest BCUT2D eigenvalue weighted by atomic mass is 9.93. The molecule has 0 unspecified atom stereocenters. The largest absolute Gasteiger partial charge is 0.414 e. The summed E-state index contributed by atoms with van der Waals surface area (Å²) in [7, 11) is -0.760. The normalized spacial score (nSPS) is 16.1. The summed E-state index contributed by atoms with van der Waals surface area (Å²) in [6.07, 6.45) is 2.46. The van der Waals surface area contributed by atoms with Crippen molar-refractivity contribution < 1.29 is 9.22 Å². The lowest BCUT2D eigenvalue weighted by Crippen LogP contribution is -2.29. The first-order valence-electron chi connectivity index (χ1n) is 10.7.